The largest absolute Gasteiger partial charge is 0.496 e. The number of para-hydroxylation sites is 1. The van der Waals surface area contributed by atoms with Gasteiger partial charge in [0, 0.05) is 37.8 Å². The van der Waals surface area contributed by atoms with E-state index in [0.717, 1.165) is 29.0 Å². The van der Waals surface area contributed by atoms with Gasteiger partial charge in [0.25, 0.3) is 0 Å². The van der Waals surface area contributed by atoms with Gasteiger partial charge >= 0.3 is 0 Å². The molecule has 0 aromatic heterocycles. The van der Waals surface area contributed by atoms with E-state index in [1.807, 2.05) is 55.5 Å². The predicted molar refractivity (Wildman–Crippen MR) is 125 cm³/mol. The summed E-state index contributed by atoms with van der Waals surface area (Å²) in [5.41, 5.74) is 2.98. The van der Waals surface area contributed by atoms with Crippen molar-refractivity contribution in [1.82, 2.24) is 10.6 Å². The van der Waals surface area contributed by atoms with Gasteiger partial charge in [-0.3, -0.25) is 9.79 Å². The lowest BCUT2D eigenvalue weighted by Gasteiger charge is -2.14. The molecule has 6 nitrogen and oxygen atoms in total. The van der Waals surface area contributed by atoms with E-state index in [4.69, 9.17) is 4.74 Å². The number of nitrogens with zero attached hydrogens (tertiary/aromatic N) is 1. The van der Waals surface area contributed by atoms with Crippen LogP contribution < -0.4 is 20.7 Å². The van der Waals surface area contributed by atoms with E-state index in [-0.39, 0.29) is 29.9 Å². The fourth-order valence-electron chi connectivity index (χ4n) is 2.59. The van der Waals surface area contributed by atoms with E-state index in [0.29, 0.717) is 25.5 Å². The molecule has 2 rings (SSSR count). The lowest BCUT2D eigenvalue weighted by molar-refractivity contribution is -0.116. The number of carbonyl (C=O) groups excluding carboxylic acids is 1. The number of amides is 1. The van der Waals surface area contributed by atoms with E-state index in [1.54, 1.807) is 14.2 Å². The Hall–Kier alpha value is -2.29. The quantitative estimate of drug-likeness (QED) is 0.294. The molecule has 2 aromatic carbocycles. The molecule has 152 valence electrons. The second-order valence-corrected chi connectivity index (χ2v) is 6.09. The second kappa shape index (κ2) is 13.0. The summed E-state index contributed by atoms with van der Waals surface area (Å²) in [7, 11) is 3.41. The summed E-state index contributed by atoms with van der Waals surface area (Å²) in [6.45, 7) is 3.24. The number of ether oxygens (including phenoxy) is 1. The molecule has 0 unspecified atom stereocenters. The Morgan fingerprint density at radius 2 is 1.71 bits per heavy atom. The second-order valence-electron chi connectivity index (χ2n) is 6.09. The number of nitrogens with one attached hydrogen (secondary N) is 3. The molecule has 2 aromatic rings. The van der Waals surface area contributed by atoms with Crippen LogP contribution in [0.3, 0.4) is 0 Å². The lowest BCUT2D eigenvalue weighted by Crippen LogP contribution is -2.36. The molecule has 0 atom stereocenters. The Balaban J connectivity index is 0.00000392. The van der Waals surface area contributed by atoms with Gasteiger partial charge in [0.05, 0.1) is 7.11 Å². The Morgan fingerprint density at radius 3 is 2.36 bits per heavy atom. The normalized spacial score (nSPS) is 10.6. The van der Waals surface area contributed by atoms with E-state index in [1.165, 1.54) is 0 Å². The third-order valence-corrected chi connectivity index (χ3v) is 4.04. The first-order chi connectivity index (χ1) is 13.2. The van der Waals surface area contributed by atoms with Crippen molar-refractivity contribution in [2.24, 2.45) is 4.99 Å². The van der Waals surface area contributed by atoms with E-state index in [2.05, 4.69) is 20.9 Å². The SMILES string of the molecule is CCCC(=O)Nc1ccc(CNC(=NC)NCc2ccccc2OC)cc1.I. The number of halogens is 1. The zero-order valence-corrected chi connectivity index (χ0v) is 18.9. The molecule has 0 fully saturated rings. The maximum atomic E-state index is 11.6. The number of benzene rings is 2. The minimum absolute atomic E-state index is 0. The summed E-state index contributed by atoms with van der Waals surface area (Å²) in [6, 6.07) is 15.7. The predicted octanol–water partition coefficient (Wildman–Crippen LogP) is 3.92. The zero-order valence-electron chi connectivity index (χ0n) is 16.6. The van der Waals surface area contributed by atoms with Crippen molar-refractivity contribution in [3.8, 4) is 5.75 Å². The molecular formula is C21H29IN4O2. The van der Waals surface area contributed by atoms with Crippen LogP contribution in [-0.2, 0) is 17.9 Å². The smallest absolute Gasteiger partial charge is 0.224 e. The zero-order chi connectivity index (χ0) is 19.5. The van der Waals surface area contributed by atoms with Crippen molar-refractivity contribution < 1.29 is 9.53 Å². The van der Waals surface area contributed by atoms with Crippen LogP contribution in [0.5, 0.6) is 5.75 Å². The third kappa shape index (κ3) is 7.75. The molecule has 0 aliphatic carbocycles. The number of methoxy groups -OCH3 is 1. The van der Waals surface area contributed by atoms with Crippen molar-refractivity contribution in [3.05, 3.63) is 59.7 Å². The highest BCUT2D eigenvalue weighted by molar-refractivity contribution is 14.0. The summed E-state index contributed by atoms with van der Waals surface area (Å²) in [6.07, 6.45) is 1.38. The van der Waals surface area contributed by atoms with Crippen LogP contribution in [0.15, 0.2) is 53.5 Å². The molecule has 28 heavy (non-hydrogen) atoms. The highest BCUT2D eigenvalue weighted by Gasteiger charge is 2.04. The van der Waals surface area contributed by atoms with Gasteiger partial charge in [0.2, 0.25) is 5.91 Å². The van der Waals surface area contributed by atoms with Gasteiger partial charge in [-0.25, -0.2) is 0 Å². The lowest BCUT2D eigenvalue weighted by atomic mass is 10.2. The first-order valence-corrected chi connectivity index (χ1v) is 9.11. The van der Waals surface area contributed by atoms with Crippen molar-refractivity contribution in [1.29, 1.82) is 0 Å². The van der Waals surface area contributed by atoms with E-state index in [9.17, 15) is 4.79 Å². The van der Waals surface area contributed by atoms with Gasteiger partial charge < -0.3 is 20.7 Å². The van der Waals surface area contributed by atoms with Gasteiger partial charge in [0.15, 0.2) is 5.96 Å². The van der Waals surface area contributed by atoms with E-state index < -0.39 is 0 Å². The van der Waals surface area contributed by atoms with Gasteiger partial charge in [-0.05, 0) is 30.2 Å². The average Bonchev–Trinajstić information content (AvgIpc) is 2.69. The monoisotopic (exact) mass is 496 g/mol. The Labute approximate surface area is 184 Å². The highest BCUT2D eigenvalue weighted by atomic mass is 127. The molecule has 1 amide bonds. The topological polar surface area (TPSA) is 74.8 Å². The molecule has 0 aliphatic heterocycles. The van der Waals surface area contributed by atoms with Gasteiger partial charge in [-0.15, -0.1) is 24.0 Å². The van der Waals surface area contributed by atoms with Crippen LogP contribution in [-0.4, -0.2) is 26.0 Å². The molecule has 3 N–H and O–H groups in total. The summed E-state index contributed by atoms with van der Waals surface area (Å²) >= 11 is 0. The number of hydrogen-bond donors (Lipinski definition) is 3. The number of guanidine groups is 1. The molecule has 0 saturated heterocycles. The minimum Gasteiger partial charge on any atom is -0.496 e. The number of hydrogen-bond acceptors (Lipinski definition) is 3. The van der Waals surface area contributed by atoms with E-state index >= 15 is 0 Å². The van der Waals surface area contributed by atoms with Gasteiger partial charge in [0.1, 0.15) is 5.75 Å². The molecule has 0 bridgehead atoms. The Morgan fingerprint density at radius 1 is 1.04 bits per heavy atom. The Kier molecular flexibility index (Phi) is 11.0. The first-order valence-electron chi connectivity index (χ1n) is 9.11. The number of carbonyl (C=O) groups is 1. The fraction of sp³-hybridized carbons (Fsp3) is 0.333. The first kappa shape index (κ1) is 23.7. The number of rotatable bonds is 8. The van der Waals surface area contributed by atoms with Crippen LogP contribution in [0.2, 0.25) is 0 Å². The van der Waals surface area contributed by atoms with Gasteiger partial charge in [-0.1, -0.05) is 37.3 Å². The maximum Gasteiger partial charge on any atom is 0.224 e. The van der Waals surface area contributed by atoms with Crippen LogP contribution in [0, 0.1) is 0 Å². The summed E-state index contributed by atoms with van der Waals surface area (Å²) in [4.78, 5) is 15.9. The maximum absolute atomic E-state index is 11.6. The van der Waals surface area contributed by atoms with Gasteiger partial charge in [-0.2, -0.15) is 0 Å². The average molecular weight is 496 g/mol. The van der Waals surface area contributed by atoms with Crippen molar-refractivity contribution in [2.45, 2.75) is 32.9 Å². The molecule has 0 spiro atoms. The number of aliphatic imine (C=N–C) groups is 1. The summed E-state index contributed by atoms with van der Waals surface area (Å²) in [5.74, 6) is 1.60. The highest BCUT2D eigenvalue weighted by Crippen LogP contribution is 2.16. The third-order valence-electron chi connectivity index (χ3n) is 4.04. The minimum atomic E-state index is 0. The van der Waals surface area contributed by atoms with Crippen LogP contribution in [0.25, 0.3) is 0 Å². The van der Waals surface area contributed by atoms with Crippen LogP contribution in [0.4, 0.5) is 5.69 Å². The molecule has 0 radical (unpaired) electrons. The van der Waals surface area contributed by atoms with Crippen LogP contribution in [0.1, 0.15) is 30.9 Å². The Bertz CT molecular complexity index is 763. The van der Waals surface area contributed by atoms with Crippen molar-refractivity contribution >= 4 is 41.5 Å². The number of anilines is 1. The summed E-state index contributed by atoms with van der Waals surface area (Å²) in [5, 5.41) is 9.46. The molecule has 7 heteroatoms. The van der Waals surface area contributed by atoms with Crippen molar-refractivity contribution in [3.63, 3.8) is 0 Å². The summed E-state index contributed by atoms with van der Waals surface area (Å²) < 4.78 is 5.36. The van der Waals surface area contributed by atoms with Crippen LogP contribution >= 0.6 is 24.0 Å². The molecule has 0 saturated carbocycles. The molecule has 0 aliphatic rings. The standard InChI is InChI=1S/C21H28N4O2.HI/c1-4-7-20(26)25-18-12-10-16(11-13-18)14-23-21(22-2)24-15-17-8-5-6-9-19(17)27-3;/h5-6,8-13H,4,7,14-15H2,1-3H3,(H,25,26)(H2,22,23,24);1H. The fourth-order valence-corrected chi connectivity index (χ4v) is 2.59. The van der Waals surface area contributed by atoms with Crippen molar-refractivity contribution in [2.75, 3.05) is 19.5 Å². The molecule has 0 heterocycles. The molecular weight excluding hydrogens is 467 g/mol.